The van der Waals surface area contributed by atoms with Gasteiger partial charge in [-0.2, -0.15) is 0 Å². The number of hydrogen-bond donors (Lipinski definition) is 1. The maximum atomic E-state index is 12.5. The smallest absolute Gasteiger partial charge is 0.195 e. The topological polar surface area (TPSA) is 83.5 Å². The van der Waals surface area contributed by atoms with E-state index in [1.807, 2.05) is 30.3 Å². The number of Topliss-reactive ketones (excluding diaryl/α,β-unsaturated/α-hetero) is 1. The van der Waals surface area contributed by atoms with Crippen molar-refractivity contribution >= 4 is 5.78 Å². The molecule has 0 bridgehead atoms. The molecular formula is C19H22O7. The molecule has 2 aromatic carbocycles. The van der Waals surface area contributed by atoms with Crippen molar-refractivity contribution in [2.75, 3.05) is 34.4 Å². The predicted molar refractivity (Wildman–Crippen MR) is 93.5 cm³/mol. The van der Waals surface area contributed by atoms with Crippen LogP contribution in [0.4, 0.5) is 0 Å². The Labute approximate surface area is 152 Å². The average molecular weight is 362 g/mol. The van der Waals surface area contributed by atoms with Gasteiger partial charge in [-0.15, -0.1) is 0 Å². The Balaban J connectivity index is 2.10. The lowest BCUT2D eigenvalue weighted by Crippen LogP contribution is -2.13. The monoisotopic (exact) mass is 362 g/mol. The van der Waals surface area contributed by atoms with E-state index in [1.54, 1.807) is 0 Å². The Morgan fingerprint density at radius 3 is 2.38 bits per heavy atom. The van der Waals surface area contributed by atoms with Gasteiger partial charge in [0.05, 0.1) is 6.61 Å². The van der Waals surface area contributed by atoms with Gasteiger partial charge in [0.15, 0.2) is 19.4 Å². The van der Waals surface area contributed by atoms with Crippen molar-refractivity contribution in [3.05, 3.63) is 53.6 Å². The van der Waals surface area contributed by atoms with E-state index in [2.05, 4.69) is 0 Å². The van der Waals surface area contributed by atoms with Gasteiger partial charge in [0.25, 0.3) is 0 Å². The SMILES string of the molecule is COCOc1cc(O)c(C(=O)COCc2ccccc2)c(OCOC)c1. The second kappa shape index (κ2) is 10.4. The van der Waals surface area contributed by atoms with E-state index in [0.29, 0.717) is 5.75 Å². The zero-order valence-corrected chi connectivity index (χ0v) is 14.8. The highest BCUT2D eigenvalue weighted by atomic mass is 16.7. The molecule has 0 unspecified atom stereocenters. The lowest BCUT2D eigenvalue weighted by molar-refractivity contribution is 0.0446. The normalized spacial score (nSPS) is 10.5. The molecule has 0 atom stereocenters. The van der Waals surface area contributed by atoms with Crippen LogP contribution in [0.15, 0.2) is 42.5 Å². The van der Waals surface area contributed by atoms with E-state index in [1.165, 1.54) is 26.4 Å². The molecule has 0 aliphatic rings. The van der Waals surface area contributed by atoms with Gasteiger partial charge in [-0.05, 0) is 5.56 Å². The van der Waals surface area contributed by atoms with Gasteiger partial charge in [0, 0.05) is 26.4 Å². The van der Waals surface area contributed by atoms with Crippen molar-refractivity contribution < 1.29 is 33.6 Å². The molecule has 0 aliphatic carbocycles. The summed E-state index contributed by atoms with van der Waals surface area (Å²) >= 11 is 0. The number of phenols is 1. The van der Waals surface area contributed by atoms with Crippen molar-refractivity contribution in [3.8, 4) is 17.2 Å². The van der Waals surface area contributed by atoms with Crippen LogP contribution in [-0.4, -0.2) is 45.3 Å². The van der Waals surface area contributed by atoms with Crippen molar-refractivity contribution in [1.29, 1.82) is 0 Å². The van der Waals surface area contributed by atoms with Crippen LogP contribution in [0.2, 0.25) is 0 Å². The van der Waals surface area contributed by atoms with E-state index < -0.39 is 5.78 Å². The largest absolute Gasteiger partial charge is 0.507 e. The number of carbonyl (C=O) groups excluding carboxylic acids is 1. The number of carbonyl (C=O) groups is 1. The summed E-state index contributed by atoms with van der Waals surface area (Å²) in [5.74, 6) is -0.232. The van der Waals surface area contributed by atoms with Crippen LogP contribution in [0.25, 0.3) is 0 Å². The maximum absolute atomic E-state index is 12.5. The van der Waals surface area contributed by atoms with Crippen molar-refractivity contribution in [1.82, 2.24) is 0 Å². The van der Waals surface area contributed by atoms with Crippen LogP contribution >= 0.6 is 0 Å². The molecule has 1 N–H and O–H groups in total. The molecule has 2 rings (SSSR count). The molecule has 0 saturated carbocycles. The van der Waals surface area contributed by atoms with Crippen LogP contribution in [0.1, 0.15) is 15.9 Å². The molecule has 26 heavy (non-hydrogen) atoms. The van der Waals surface area contributed by atoms with Gasteiger partial charge in [0.1, 0.15) is 29.4 Å². The molecule has 2 aromatic rings. The molecule has 0 saturated heterocycles. The van der Waals surface area contributed by atoms with Gasteiger partial charge in [-0.25, -0.2) is 0 Å². The fraction of sp³-hybridized carbons (Fsp3) is 0.316. The molecule has 0 radical (unpaired) electrons. The van der Waals surface area contributed by atoms with Crippen LogP contribution < -0.4 is 9.47 Å². The van der Waals surface area contributed by atoms with E-state index in [9.17, 15) is 9.90 Å². The Hall–Kier alpha value is -2.61. The first-order valence-electron chi connectivity index (χ1n) is 7.91. The molecule has 0 aromatic heterocycles. The minimum atomic E-state index is -0.414. The number of ketones is 1. The third-order valence-corrected chi connectivity index (χ3v) is 3.35. The zero-order valence-electron chi connectivity index (χ0n) is 14.8. The van der Waals surface area contributed by atoms with E-state index in [4.69, 9.17) is 23.7 Å². The number of benzene rings is 2. The Kier molecular flexibility index (Phi) is 7.88. The number of ether oxygens (including phenoxy) is 5. The first-order chi connectivity index (χ1) is 12.7. The minimum Gasteiger partial charge on any atom is -0.507 e. The highest BCUT2D eigenvalue weighted by Gasteiger charge is 2.20. The van der Waals surface area contributed by atoms with Gasteiger partial charge in [-0.3, -0.25) is 4.79 Å². The summed E-state index contributed by atoms with van der Waals surface area (Å²) in [6.07, 6.45) is 0. The summed E-state index contributed by atoms with van der Waals surface area (Å²) < 4.78 is 25.8. The minimum absolute atomic E-state index is 0.00334. The Bertz CT molecular complexity index is 701. The van der Waals surface area contributed by atoms with Gasteiger partial charge >= 0.3 is 0 Å². The summed E-state index contributed by atoms with van der Waals surface area (Å²) in [5.41, 5.74) is 0.962. The summed E-state index contributed by atoms with van der Waals surface area (Å²) in [6.45, 7) is -0.00430. The molecule has 7 heteroatoms. The third-order valence-electron chi connectivity index (χ3n) is 3.35. The molecule has 0 fully saturated rings. The second-order valence-corrected chi connectivity index (χ2v) is 5.32. The third kappa shape index (κ3) is 5.73. The molecule has 0 spiro atoms. The molecular weight excluding hydrogens is 340 g/mol. The predicted octanol–water partition coefficient (Wildman–Crippen LogP) is 2.76. The molecule has 7 nitrogen and oxygen atoms in total. The Morgan fingerprint density at radius 2 is 1.69 bits per heavy atom. The highest BCUT2D eigenvalue weighted by molar-refractivity contribution is 6.02. The van der Waals surface area contributed by atoms with Gasteiger partial charge in [0.2, 0.25) is 0 Å². The number of hydrogen-bond acceptors (Lipinski definition) is 7. The fourth-order valence-corrected chi connectivity index (χ4v) is 2.21. The molecule has 0 aliphatic heterocycles. The van der Waals surface area contributed by atoms with E-state index >= 15 is 0 Å². The quantitative estimate of drug-likeness (QED) is 0.486. The number of aromatic hydroxyl groups is 1. The highest BCUT2D eigenvalue weighted by Crippen LogP contribution is 2.34. The van der Waals surface area contributed by atoms with Crippen LogP contribution in [-0.2, 0) is 20.8 Å². The van der Waals surface area contributed by atoms with Crippen LogP contribution in [0, 0.1) is 0 Å². The standard InChI is InChI=1S/C19H22O7/c1-22-12-25-15-8-16(20)19(18(9-15)26-13-23-2)17(21)11-24-10-14-6-4-3-5-7-14/h3-9,20H,10-13H2,1-2H3. The average Bonchev–Trinajstić information content (AvgIpc) is 2.65. The maximum Gasteiger partial charge on any atom is 0.195 e. The molecule has 0 heterocycles. The van der Waals surface area contributed by atoms with Crippen molar-refractivity contribution in [3.63, 3.8) is 0 Å². The van der Waals surface area contributed by atoms with Crippen LogP contribution in [0.5, 0.6) is 17.2 Å². The second-order valence-electron chi connectivity index (χ2n) is 5.32. The lowest BCUT2D eigenvalue weighted by Gasteiger charge is -2.14. The van der Waals surface area contributed by atoms with Crippen molar-refractivity contribution in [2.45, 2.75) is 6.61 Å². The summed E-state index contributed by atoms with van der Waals surface area (Å²) in [7, 11) is 2.93. The van der Waals surface area contributed by atoms with Crippen LogP contribution in [0.3, 0.4) is 0 Å². The van der Waals surface area contributed by atoms with Gasteiger partial charge in [-0.1, -0.05) is 30.3 Å². The van der Waals surface area contributed by atoms with E-state index in [0.717, 1.165) is 5.56 Å². The Morgan fingerprint density at radius 1 is 1.00 bits per heavy atom. The number of methoxy groups -OCH3 is 2. The number of phenolic OH excluding ortho intramolecular Hbond substituents is 1. The molecule has 0 amide bonds. The zero-order chi connectivity index (χ0) is 18.8. The fourth-order valence-electron chi connectivity index (χ4n) is 2.21. The van der Waals surface area contributed by atoms with E-state index in [-0.39, 0.29) is 43.9 Å². The first kappa shape index (κ1) is 19.7. The summed E-state index contributed by atoms with van der Waals surface area (Å²) in [5, 5.41) is 10.2. The van der Waals surface area contributed by atoms with Gasteiger partial charge < -0.3 is 28.8 Å². The summed E-state index contributed by atoms with van der Waals surface area (Å²) in [6, 6.07) is 12.3. The lowest BCUT2D eigenvalue weighted by atomic mass is 10.1. The first-order valence-corrected chi connectivity index (χ1v) is 7.91. The number of rotatable bonds is 11. The summed E-state index contributed by atoms with van der Waals surface area (Å²) in [4.78, 5) is 12.5. The van der Waals surface area contributed by atoms with Crippen molar-refractivity contribution in [2.24, 2.45) is 0 Å². The molecule has 140 valence electrons.